The lowest BCUT2D eigenvalue weighted by Gasteiger charge is -2.19. The first-order valence-electron chi connectivity index (χ1n) is 7.31. The number of nitrogens with zero attached hydrogens (tertiary/aromatic N) is 2. The van der Waals surface area contributed by atoms with Crippen molar-refractivity contribution in [3.05, 3.63) is 29.8 Å². The molecular formula is C15H14N3O5S2-. The van der Waals surface area contributed by atoms with Gasteiger partial charge in [0.25, 0.3) is 5.91 Å². The Morgan fingerprint density at radius 3 is 2.76 bits per heavy atom. The van der Waals surface area contributed by atoms with Gasteiger partial charge in [-0.05, 0) is 17.7 Å². The van der Waals surface area contributed by atoms with Crippen LogP contribution >= 0.6 is 23.5 Å². The number of hydrazone groups is 1. The number of thioether (sulfide) groups is 2. The molecule has 0 bridgehead atoms. The van der Waals surface area contributed by atoms with E-state index in [1.807, 2.05) is 12.1 Å². The molecule has 8 nitrogen and oxygen atoms in total. The van der Waals surface area contributed by atoms with Gasteiger partial charge in [-0.15, -0.1) is 16.9 Å². The Bertz CT molecular complexity index is 737. The van der Waals surface area contributed by atoms with Crippen LogP contribution in [-0.2, 0) is 14.4 Å². The Morgan fingerprint density at radius 1 is 1.40 bits per heavy atom. The number of carboxylic acids is 1. The molecule has 0 spiro atoms. The van der Waals surface area contributed by atoms with Gasteiger partial charge in [0.1, 0.15) is 11.1 Å². The highest BCUT2D eigenvalue weighted by Crippen LogP contribution is 2.40. The van der Waals surface area contributed by atoms with Crippen molar-refractivity contribution in [1.29, 1.82) is 0 Å². The van der Waals surface area contributed by atoms with Gasteiger partial charge >= 0.3 is 0 Å². The maximum absolute atomic E-state index is 12.2. The summed E-state index contributed by atoms with van der Waals surface area (Å²) < 4.78 is 5.12. The second-order valence-corrected chi connectivity index (χ2v) is 7.51. The Labute approximate surface area is 152 Å². The number of methoxy groups -OCH3 is 1. The highest BCUT2D eigenvalue weighted by atomic mass is 32.2. The summed E-state index contributed by atoms with van der Waals surface area (Å²) in [4.78, 5) is 34.6. The monoisotopic (exact) mass is 380 g/mol. The number of carbonyl (C=O) groups is 3. The van der Waals surface area contributed by atoms with E-state index in [4.69, 9.17) is 4.74 Å². The molecule has 0 unspecified atom stereocenters. The molecule has 2 atom stereocenters. The van der Waals surface area contributed by atoms with Crippen molar-refractivity contribution in [1.82, 2.24) is 10.3 Å². The van der Waals surface area contributed by atoms with Crippen molar-refractivity contribution < 1.29 is 24.2 Å². The summed E-state index contributed by atoms with van der Waals surface area (Å²) in [7, 11) is 1.57. The maximum atomic E-state index is 12.2. The molecule has 1 aromatic carbocycles. The first kappa shape index (κ1) is 17.6. The van der Waals surface area contributed by atoms with Crippen LogP contribution in [0.15, 0.2) is 29.4 Å². The number of hydrogen-bond donors (Lipinski definition) is 1. The Morgan fingerprint density at radius 2 is 2.12 bits per heavy atom. The van der Waals surface area contributed by atoms with Crippen LogP contribution in [0, 0.1) is 0 Å². The number of carbonyl (C=O) groups excluding carboxylic acids is 3. The number of amidine groups is 1. The molecule has 132 valence electrons. The summed E-state index contributed by atoms with van der Waals surface area (Å²) in [6, 6.07) is 7.29. The molecule has 25 heavy (non-hydrogen) atoms. The molecule has 2 amide bonds. The van der Waals surface area contributed by atoms with Crippen molar-refractivity contribution in [2.24, 2.45) is 5.10 Å². The minimum atomic E-state index is -1.31. The summed E-state index contributed by atoms with van der Waals surface area (Å²) in [5, 5.41) is 17.8. The van der Waals surface area contributed by atoms with Gasteiger partial charge in [-0.25, -0.2) is 5.01 Å². The first-order chi connectivity index (χ1) is 12.0. The lowest BCUT2D eigenvalue weighted by molar-refractivity contribution is -0.305. The van der Waals surface area contributed by atoms with Crippen LogP contribution in [0.25, 0.3) is 0 Å². The molecule has 10 heteroatoms. The quantitative estimate of drug-likeness (QED) is 0.760. The van der Waals surface area contributed by atoms with E-state index in [2.05, 4.69) is 10.4 Å². The second kappa shape index (κ2) is 7.36. The lowest BCUT2D eigenvalue weighted by atomic mass is 10.2. The standard InChI is InChI=1S/C15H15N3O5S2/c1-23-9-4-2-8(3-5-9)14-18(11(19)7-24-14)17-15-16-13(22)10(25-15)6-12(20)21/h2-5,10,14H,6-7H2,1H3,(H,20,21)(H,16,17,22)/p-1/t10-,14+/m0/s1. The molecule has 2 fully saturated rings. The van der Waals surface area contributed by atoms with E-state index < -0.39 is 23.5 Å². The van der Waals surface area contributed by atoms with Gasteiger partial charge in [-0.3, -0.25) is 9.59 Å². The van der Waals surface area contributed by atoms with Crippen LogP contribution in [-0.4, -0.2) is 46.1 Å². The predicted molar refractivity (Wildman–Crippen MR) is 91.6 cm³/mol. The largest absolute Gasteiger partial charge is 0.550 e. The van der Waals surface area contributed by atoms with Crippen LogP contribution in [0.1, 0.15) is 17.4 Å². The number of carboxylic acid groups (broad SMARTS) is 1. The van der Waals surface area contributed by atoms with Crippen LogP contribution in [0.2, 0.25) is 0 Å². The summed E-state index contributed by atoms with van der Waals surface area (Å²) in [5.74, 6) is -0.962. The summed E-state index contributed by atoms with van der Waals surface area (Å²) in [5.41, 5.74) is 0.876. The smallest absolute Gasteiger partial charge is 0.254 e. The lowest BCUT2D eigenvalue weighted by Crippen LogP contribution is -2.32. The van der Waals surface area contributed by atoms with Crippen molar-refractivity contribution in [2.75, 3.05) is 12.9 Å². The normalized spacial score (nSPS) is 24.7. The van der Waals surface area contributed by atoms with E-state index in [0.29, 0.717) is 5.75 Å². The van der Waals surface area contributed by atoms with Gasteiger partial charge < -0.3 is 20.0 Å². The number of nitrogens with one attached hydrogen (secondary N) is 1. The number of hydrogen-bond acceptors (Lipinski definition) is 8. The van der Waals surface area contributed by atoms with E-state index in [1.54, 1.807) is 19.2 Å². The molecule has 0 aromatic heterocycles. The van der Waals surface area contributed by atoms with Gasteiger partial charge in [0.2, 0.25) is 5.91 Å². The average molecular weight is 380 g/mol. The zero-order chi connectivity index (χ0) is 18.0. The Balaban J connectivity index is 1.78. The number of amides is 2. The molecule has 0 saturated carbocycles. The van der Waals surface area contributed by atoms with Crippen LogP contribution in [0.4, 0.5) is 0 Å². The molecule has 0 radical (unpaired) electrons. The third-order valence-electron chi connectivity index (χ3n) is 3.57. The Kier molecular flexibility index (Phi) is 5.19. The van der Waals surface area contributed by atoms with Crippen molar-refractivity contribution in [2.45, 2.75) is 17.0 Å². The molecule has 2 aliphatic rings. The fraction of sp³-hybridized carbons (Fsp3) is 0.333. The van der Waals surface area contributed by atoms with Crippen molar-refractivity contribution in [3.8, 4) is 5.75 Å². The van der Waals surface area contributed by atoms with Gasteiger partial charge in [0, 0.05) is 12.4 Å². The third kappa shape index (κ3) is 3.90. The fourth-order valence-corrected chi connectivity index (χ4v) is 4.41. The SMILES string of the molecule is COc1ccc([C@H]2SCC(=O)N2/N=C2/NC(=O)[C@H](CC(=O)[O-])S2)cc1. The number of benzene rings is 1. The minimum Gasteiger partial charge on any atom is -0.550 e. The number of ether oxygens (including phenoxy) is 1. The van der Waals surface area contributed by atoms with Crippen LogP contribution in [0.5, 0.6) is 5.75 Å². The summed E-state index contributed by atoms with van der Waals surface area (Å²) in [6.07, 6.45) is -0.403. The van der Waals surface area contributed by atoms with Gasteiger partial charge in [-0.1, -0.05) is 23.9 Å². The van der Waals surface area contributed by atoms with Crippen LogP contribution < -0.4 is 15.2 Å². The Hall–Kier alpha value is -2.20. The number of aliphatic carboxylic acids is 1. The third-order valence-corrected chi connectivity index (χ3v) is 5.84. The van der Waals surface area contributed by atoms with E-state index in [0.717, 1.165) is 17.3 Å². The highest BCUT2D eigenvalue weighted by molar-refractivity contribution is 8.15. The molecule has 2 saturated heterocycles. The molecule has 1 N–H and O–H groups in total. The topological polar surface area (TPSA) is 111 Å². The van der Waals surface area contributed by atoms with Crippen LogP contribution in [0.3, 0.4) is 0 Å². The fourth-order valence-electron chi connectivity index (χ4n) is 2.37. The van der Waals surface area contributed by atoms with E-state index in [-0.39, 0.29) is 22.2 Å². The molecule has 2 heterocycles. The second-order valence-electron chi connectivity index (χ2n) is 5.25. The molecule has 3 rings (SSSR count). The van der Waals surface area contributed by atoms with E-state index >= 15 is 0 Å². The maximum Gasteiger partial charge on any atom is 0.254 e. The summed E-state index contributed by atoms with van der Waals surface area (Å²) in [6.45, 7) is 0. The summed E-state index contributed by atoms with van der Waals surface area (Å²) >= 11 is 2.41. The molecule has 2 aliphatic heterocycles. The van der Waals surface area contributed by atoms with Gasteiger partial charge in [0.15, 0.2) is 5.17 Å². The van der Waals surface area contributed by atoms with E-state index in [1.165, 1.54) is 16.8 Å². The molecule has 1 aromatic rings. The average Bonchev–Trinajstić information content (AvgIpc) is 3.11. The van der Waals surface area contributed by atoms with Gasteiger partial charge in [-0.2, -0.15) is 0 Å². The van der Waals surface area contributed by atoms with Crippen molar-refractivity contribution >= 4 is 46.5 Å². The van der Waals surface area contributed by atoms with Gasteiger partial charge in [0.05, 0.1) is 18.1 Å². The number of rotatable bonds is 5. The first-order valence-corrected chi connectivity index (χ1v) is 9.24. The highest BCUT2D eigenvalue weighted by Gasteiger charge is 2.36. The zero-order valence-corrected chi connectivity index (χ0v) is 14.8. The molecular weight excluding hydrogens is 366 g/mol. The van der Waals surface area contributed by atoms with Crippen molar-refractivity contribution in [3.63, 3.8) is 0 Å². The van der Waals surface area contributed by atoms with E-state index in [9.17, 15) is 19.5 Å². The molecule has 0 aliphatic carbocycles. The minimum absolute atomic E-state index is 0.184. The zero-order valence-electron chi connectivity index (χ0n) is 13.1. The predicted octanol–water partition coefficient (Wildman–Crippen LogP) is -0.0882.